The lowest BCUT2D eigenvalue weighted by Crippen LogP contribution is -2.26. The highest BCUT2D eigenvalue weighted by atomic mass is 32.2. The van der Waals surface area contributed by atoms with E-state index in [-0.39, 0.29) is 5.78 Å². The Morgan fingerprint density at radius 1 is 0.958 bits per heavy atom. The van der Waals surface area contributed by atoms with Crippen molar-refractivity contribution >= 4 is 39.0 Å². The van der Waals surface area contributed by atoms with Crippen molar-refractivity contribution < 1.29 is 4.79 Å². The Hall–Kier alpha value is -1.91. The number of hydrogen-bond acceptors (Lipinski definition) is 3. The summed E-state index contributed by atoms with van der Waals surface area (Å²) in [6.07, 6.45) is 1.69. The van der Waals surface area contributed by atoms with Crippen LogP contribution in [-0.2, 0) is 0 Å². The summed E-state index contributed by atoms with van der Waals surface area (Å²) in [5.41, 5.74) is 1.68. The predicted octanol–water partition coefficient (Wildman–Crippen LogP) is 5.27. The molecule has 0 aliphatic heterocycles. The van der Waals surface area contributed by atoms with Crippen molar-refractivity contribution in [2.45, 2.75) is 13.8 Å². The molecular formula is C20H21NOS2. The molecule has 0 aromatic heterocycles. The second-order valence-corrected chi connectivity index (χ2v) is 6.82. The van der Waals surface area contributed by atoms with E-state index in [1.165, 1.54) is 11.8 Å². The van der Waals surface area contributed by atoms with Crippen molar-refractivity contribution in [3.05, 3.63) is 77.9 Å². The largest absolute Gasteiger partial charge is 0.358 e. The van der Waals surface area contributed by atoms with Crippen molar-refractivity contribution in [2.24, 2.45) is 0 Å². The minimum atomic E-state index is -0.00991. The smallest absolute Gasteiger partial charge is 0.186 e. The van der Waals surface area contributed by atoms with E-state index in [4.69, 9.17) is 12.2 Å². The fourth-order valence-electron chi connectivity index (χ4n) is 2.22. The predicted molar refractivity (Wildman–Crippen MR) is 108 cm³/mol. The second kappa shape index (κ2) is 9.40. The summed E-state index contributed by atoms with van der Waals surface area (Å²) in [6.45, 7) is 5.88. The quantitative estimate of drug-likeness (QED) is 0.399. The number of carbonyl (C=O) groups excluding carboxylic acids is 1. The van der Waals surface area contributed by atoms with Gasteiger partial charge >= 0.3 is 0 Å². The molecule has 0 atom stereocenters. The van der Waals surface area contributed by atoms with Gasteiger partial charge in [-0.2, -0.15) is 0 Å². The standard InChI is InChI=1S/C20H21NOS2/c1-3-21(4-2)20(23)24-19(17-13-9-6-10-14-17)15-18(22)16-11-7-5-8-12-16/h5-15H,3-4H2,1-2H3. The first-order valence-corrected chi connectivity index (χ1v) is 9.21. The van der Waals surface area contributed by atoms with Gasteiger partial charge in [0, 0.05) is 29.6 Å². The van der Waals surface area contributed by atoms with Gasteiger partial charge in [-0.05, 0) is 19.4 Å². The third-order valence-corrected chi connectivity index (χ3v) is 5.11. The number of benzene rings is 2. The van der Waals surface area contributed by atoms with Crippen LogP contribution >= 0.6 is 24.0 Å². The minimum absolute atomic E-state index is 0.00991. The zero-order valence-electron chi connectivity index (χ0n) is 13.9. The van der Waals surface area contributed by atoms with Gasteiger partial charge in [0.25, 0.3) is 0 Å². The first kappa shape index (κ1) is 18.4. The topological polar surface area (TPSA) is 20.3 Å². The van der Waals surface area contributed by atoms with E-state index in [0.29, 0.717) is 5.56 Å². The summed E-state index contributed by atoms with van der Waals surface area (Å²) in [4.78, 5) is 15.6. The van der Waals surface area contributed by atoms with Gasteiger partial charge in [0.15, 0.2) is 5.78 Å². The van der Waals surface area contributed by atoms with E-state index >= 15 is 0 Å². The van der Waals surface area contributed by atoms with Crippen LogP contribution < -0.4 is 0 Å². The molecule has 0 amide bonds. The first-order valence-electron chi connectivity index (χ1n) is 7.99. The molecule has 0 saturated carbocycles. The van der Waals surface area contributed by atoms with Crippen molar-refractivity contribution in [1.29, 1.82) is 0 Å². The van der Waals surface area contributed by atoms with E-state index in [2.05, 4.69) is 18.7 Å². The van der Waals surface area contributed by atoms with Crippen LogP contribution in [-0.4, -0.2) is 28.1 Å². The fourth-order valence-corrected chi connectivity index (χ4v) is 3.74. The van der Waals surface area contributed by atoms with Gasteiger partial charge in [-0.3, -0.25) is 4.79 Å². The van der Waals surface area contributed by atoms with Crippen molar-refractivity contribution in [1.82, 2.24) is 4.90 Å². The highest BCUT2D eigenvalue weighted by molar-refractivity contribution is 8.29. The maximum Gasteiger partial charge on any atom is 0.186 e. The molecular weight excluding hydrogens is 334 g/mol. The Morgan fingerprint density at radius 3 is 1.96 bits per heavy atom. The van der Waals surface area contributed by atoms with Gasteiger partial charge in [-0.15, -0.1) is 0 Å². The van der Waals surface area contributed by atoms with E-state index in [0.717, 1.165) is 27.9 Å². The van der Waals surface area contributed by atoms with Crippen LogP contribution in [0.2, 0.25) is 0 Å². The molecule has 0 heterocycles. The Labute approximate surface area is 153 Å². The molecule has 0 N–H and O–H groups in total. The van der Waals surface area contributed by atoms with Gasteiger partial charge in [0.1, 0.15) is 4.32 Å². The highest BCUT2D eigenvalue weighted by Crippen LogP contribution is 2.30. The maximum atomic E-state index is 12.6. The monoisotopic (exact) mass is 355 g/mol. The number of rotatable bonds is 6. The molecule has 0 saturated heterocycles. The van der Waals surface area contributed by atoms with Crippen LogP contribution in [0, 0.1) is 0 Å². The van der Waals surface area contributed by atoms with Crippen LogP contribution in [0.5, 0.6) is 0 Å². The lowest BCUT2D eigenvalue weighted by Gasteiger charge is -2.21. The zero-order valence-corrected chi connectivity index (χ0v) is 15.6. The number of allylic oxidation sites excluding steroid dienone is 1. The molecule has 0 bridgehead atoms. The summed E-state index contributed by atoms with van der Waals surface area (Å²) < 4.78 is 0.788. The second-order valence-electron chi connectivity index (χ2n) is 5.15. The zero-order chi connectivity index (χ0) is 17.4. The number of hydrogen-bond donors (Lipinski definition) is 0. The lowest BCUT2D eigenvalue weighted by atomic mass is 10.1. The summed E-state index contributed by atoms with van der Waals surface area (Å²) in [5.74, 6) is -0.00991. The molecule has 124 valence electrons. The minimum Gasteiger partial charge on any atom is -0.358 e. The number of thiocarbonyl (C=S) groups is 1. The van der Waals surface area contributed by atoms with Gasteiger partial charge < -0.3 is 4.90 Å². The van der Waals surface area contributed by atoms with Crippen LogP contribution in [0.4, 0.5) is 0 Å². The molecule has 24 heavy (non-hydrogen) atoms. The number of carbonyl (C=O) groups is 1. The Bertz CT molecular complexity index is 707. The van der Waals surface area contributed by atoms with E-state index in [1.54, 1.807) is 6.08 Å². The van der Waals surface area contributed by atoms with E-state index in [9.17, 15) is 4.79 Å². The third-order valence-electron chi connectivity index (χ3n) is 3.60. The van der Waals surface area contributed by atoms with Crippen LogP contribution in [0.15, 0.2) is 66.7 Å². The number of nitrogens with zero attached hydrogens (tertiary/aromatic N) is 1. The Morgan fingerprint density at radius 2 is 1.46 bits per heavy atom. The van der Waals surface area contributed by atoms with Gasteiger partial charge in [-0.25, -0.2) is 0 Å². The normalized spacial score (nSPS) is 11.2. The average Bonchev–Trinajstić information content (AvgIpc) is 2.63. The van der Waals surface area contributed by atoms with Crippen molar-refractivity contribution in [3.8, 4) is 0 Å². The molecule has 0 fully saturated rings. The molecule has 0 unspecified atom stereocenters. The summed E-state index contributed by atoms with van der Waals surface area (Å²) >= 11 is 7.03. The Kier molecular flexibility index (Phi) is 7.22. The molecule has 0 aliphatic rings. The maximum absolute atomic E-state index is 12.6. The summed E-state index contributed by atoms with van der Waals surface area (Å²) in [5, 5.41) is 0. The molecule has 2 nitrogen and oxygen atoms in total. The summed E-state index contributed by atoms with van der Waals surface area (Å²) in [6, 6.07) is 19.2. The van der Waals surface area contributed by atoms with Gasteiger partial charge in [0.2, 0.25) is 0 Å². The molecule has 0 aliphatic carbocycles. The molecule has 2 rings (SSSR count). The molecule has 0 spiro atoms. The lowest BCUT2D eigenvalue weighted by molar-refractivity contribution is 0.104. The number of thioether (sulfide) groups is 1. The van der Waals surface area contributed by atoms with Crippen LogP contribution in [0.1, 0.15) is 29.8 Å². The van der Waals surface area contributed by atoms with Crippen molar-refractivity contribution in [3.63, 3.8) is 0 Å². The summed E-state index contributed by atoms with van der Waals surface area (Å²) in [7, 11) is 0. The van der Waals surface area contributed by atoms with Gasteiger partial charge in [-0.1, -0.05) is 84.6 Å². The van der Waals surface area contributed by atoms with Crippen molar-refractivity contribution in [2.75, 3.05) is 13.1 Å². The fraction of sp³-hybridized carbons (Fsp3) is 0.200. The first-order chi connectivity index (χ1) is 11.7. The third kappa shape index (κ3) is 5.05. The Balaban J connectivity index is 2.31. The van der Waals surface area contributed by atoms with E-state index < -0.39 is 0 Å². The number of ketones is 1. The molecule has 2 aromatic rings. The SMILES string of the molecule is CCN(CC)C(=S)SC(=CC(=O)c1ccccc1)c1ccccc1. The highest BCUT2D eigenvalue weighted by Gasteiger charge is 2.13. The van der Waals surface area contributed by atoms with E-state index in [1.807, 2.05) is 60.7 Å². The molecule has 2 aromatic carbocycles. The molecule has 0 radical (unpaired) electrons. The molecule has 4 heteroatoms. The average molecular weight is 356 g/mol. The van der Waals surface area contributed by atoms with Crippen LogP contribution in [0.3, 0.4) is 0 Å². The van der Waals surface area contributed by atoms with Gasteiger partial charge in [0.05, 0.1) is 0 Å². The van der Waals surface area contributed by atoms with Crippen LogP contribution in [0.25, 0.3) is 4.91 Å².